The molecule has 0 aromatic heterocycles. The smallest absolute Gasteiger partial charge is 0.330 e. The van der Waals surface area contributed by atoms with E-state index in [9.17, 15) is 13.9 Å². The van der Waals surface area contributed by atoms with E-state index in [1.807, 2.05) is 0 Å². The third kappa shape index (κ3) is 2.48. The molecular formula is C9H9BrF2O. The highest BCUT2D eigenvalue weighted by molar-refractivity contribution is 9.10. The highest BCUT2D eigenvalue weighted by Crippen LogP contribution is 2.37. The fourth-order valence-corrected chi connectivity index (χ4v) is 1.32. The molecule has 0 heterocycles. The molecule has 0 bridgehead atoms. The number of halogens is 3. The van der Waals surface area contributed by atoms with Crippen LogP contribution in [-0.2, 0) is 0 Å². The highest BCUT2D eigenvalue weighted by Gasteiger charge is 2.36. The van der Waals surface area contributed by atoms with Gasteiger partial charge >= 0.3 is 4.83 Å². The molecule has 0 aliphatic carbocycles. The number of hydrogen-bond acceptors (Lipinski definition) is 1. The van der Waals surface area contributed by atoms with Gasteiger partial charge in [0.15, 0.2) is 6.10 Å². The van der Waals surface area contributed by atoms with E-state index in [1.54, 1.807) is 25.1 Å². The number of hydrogen-bond donors (Lipinski definition) is 1. The van der Waals surface area contributed by atoms with Gasteiger partial charge in [-0.15, -0.1) is 0 Å². The quantitative estimate of drug-likeness (QED) is 0.801. The SMILES string of the molecule is Cc1ccccc1C(O)C(F)(F)Br. The molecule has 0 saturated heterocycles. The molecule has 1 unspecified atom stereocenters. The Morgan fingerprint density at radius 3 is 2.38 bits per heavy atom. The number of aryl methyl sites for hydroxylation is 1. The third-order valence-electron chi connectivity index (χ3n) is 1.79. The van der Waals surface area contributed by atoms with Crippen molar-refractivity contribution in [3.63, 3.8) is 0 Å². The maximum atomic E-state index is 12.6. The van der Waals surface area contributed by atoms with Crippen LogP contribution in [0.4, 0.5) is 8.78 Å². The van der Waals surface area contributed by atoms with E-state index in [0.717, 1.165) is 0 Å². The number of aliphatic hydroxyl groups is 1. The summed E-state index contributed by atoms with van der Waals surface area (Å²) in [6.45, 7) is 1.68. The molecule has 4 heteroatoms. The van der Waals surface area contributed by atoms with Gasteiger partial charge in [0.25, 0.3) is 0 Å². The van der Waals surface area contributed by atoms with Crippen molar-refractivity contribution in [2.24, 2.45) is 0 Å². The van der Waals surface area contributed by atoms with E-state index in [2.05, 4.69) is 15.9 Å². The Morgan fingerprint density at radius 1 is 1.38 bits per heavy atom. The second kappa shape index (κ2) is 3.72. The average Bonchev–Trinajstić information content (AvgIpc) is 2.02. The molecule has 0 aliphatic heterocycles. The highest BCUT2D eigenvalue weighted by atomic mass is 79.9. The molecule has 0 spiro atoms. The Hall–Kier alpha value is -0.480. The molecule has 1 N–H and O–H groups in total. The monoisotopic (exact) mass is 250 g/mol. The second-order valence-electron chi connectivity index (χ2n) is 2.80. The van der Waals surface area contributed by atoms with Crippen molar-refractivity contribution in [1.29, 1.82) is 0 Å². The van der Waals surface area contributed by atoms with Crippen molar-refractivity contribution < 1.29 is 13.9 Å². The summed E-state index contributed by atoms with van der Waals surface area (Å²) in [5.74, 6) is 0. The van der Waals surface area contributed by atoms with Crippen LogP contribution in [0.3, 0.4) is 0 Å². The first-order valence-corrected chi connectivity index (χ1v) is 4.52. The summed E-state index contributed by atoms with van der Waals surface area (Å²) in [5, 5.41) is 9.24. The van der Waals surface area contributed by atoms with Crippen LogP contribution < -0.4 is 0 Å². The maximum Gasteiger partial charge on any atom is 0.330 e. The number of rotatable bonds is 2. The first-order chi connectivity index (χ1) is 5.93. The predicted molar refractivity (Wildman–Crippen MR) is 50.0 cm³/mol. The summed E-state index contributed by atoms with van der Waals surface area (Å²) >= 11 is 2.13. The molecule has 1 nitrogen and oxygen atoms in total. The summed E-state index contributed by atoms with van der Waals surface area (Å²) in [4.78, 5) is -3.28. The molecule has 1 atom stereocenters. The topological polar surface area (TPSA) is 20.2 Å². The zero-order chi connectivity index (χ0) is 10.1. The van der Waals surface area contributed by atoms with Gasteiger partial charge in [-0.3, -0.25) is 0 Å². The van der Waals surface area contributed by atoms with Gasteiger partial charge in [0.1, 0.15) is 0 Å². The van der Waals surface area contributed by atoms with Gasteiger partial charge in [-0.05, 0) is 34.0 Å². The van der Waals surface area contributed by atoms with E-state index >= 15 is 0 Å². The first-order valence-electron chi connectivity index (χ1n) is 3.73. The Labute approximate surface area is 83.5 Å². The van der Waals surface area contributed by atoms with E-state index in [1.165, 1.54) is 6.07 Å². The number of benzene rings is 1. The summed E-state index contributed by atoms with van der Waals surface area (Å²) in [7, 11) is 0. The Balaban J connectivity index is 3.02. The van der Waals surface area contributed by atoms with E-state index in [0.29, 0.717) is 5.56 Å². The van der Waals surface area contributed by atoms with Gasteiger partial charge in [0, 0.05) is 0 Å². The van der Waals surface area contributed by atoms with Crippen molar-refractivity contribution in [3.8, 4) is 0 Å². The molecule has 0 amide bonds. The van der Waals surface area contributed by atoms with E-state index in [4.69, 9.17) is 0 Å². The fourth-order valence-electron chi connectivity index (χ4n) is 1.07. The van der Waals surface area contributed by atoms with Crippen molar-refractivity contribution in [2.75, 3.05) is 0 Å². The van der Waals surface area contributed by atoms with Gasteiger partial charge in [0.05, 0.1) is 0 Å². The standard InChI is InChI=1S/C9H9BrF2O/c1-6-4-2-3-5-7(6)8(13)9(10,11)12/h2-5,8,13H,1H3. The summed E-state index contributed by atoms with van der Waals surface area (Å²) < 4.78 is 25.3. The minimum absolute atomic E-state index is 0.240. The number of aliphatic hydroxyl groups excluding tert-OH is 1. The minimum Gasteiger partial charge on any atom is -0.381 e. The molecule has 0 fully saturated rings. The van der Waals surface area contributed by atoms with Gasteiger partial charge < -0.3 is 5.11 Å². The molecule has 1 aromatic rings. The van der Waals surface area contributed by atoms with Crippen molar-refractivity contribution in [3.05, 3.63) is 35.4 Å². The first kappa shape index (κ1) is 10.6. The van der Waals surface area contributed by atoms with Crippen LogP contribution in [-0.4, -0.2) is 9.94 Å². The Morgan fingerprint density at radius 2 is 1.92 bits per heavy atom. The lowest BCUT2D eigenvalue weighted by atomic mass is 10.0. The van der Waals surface area contributed by atoms with Crippen LogP contribution in [0.5, 0.6) is 0 Å². The molecule has 0 aliphatic rings. The normalized spacial score (nSPS) is 14.2. The van der Waals surface area contributed by atoms with Crippen LogP contribution >= 0.6 is 15.9 Å². The predicted octanol–water partition coefficient (Wildman–Crippen LogP) is 3.02. The van der Waals surface area contributed by atoms with Crippen LogP contribution in [0.15, 0.2) is 24.3 Å². The lowest BCUT2D eigenvalue weighted by Gasteiger charge is -2.18. The van der Waals surface area contributed by atoms with Crippen LogP contribution in [0, 0.1) is 6.92 Å². The van der Waals surface area contributed by atoms with Gasteiger partial charge in [-0.2, -0.15) is 8.78 Å². The van der Waals surface area contributed by atoms with Gasteiger partial charge in [-0.25, -0.2) is 0 Å². The maximum absolute atomic E-state index is 12.6. The van der Waals surface area contributed by atoms with Crippen LogP contribution in [0.1, 0.15) is 17.2 Å². The molecule has 0 radical (unpaired) electrons. The fraction of sp³-hybridized carbons (Fsp3) is 0.333. The van der Waals surface area contributed by atoms with Crippen LogP contribution in [0.25, 0.3) is 0 Å². The summed E-state index contributed by atoms with van der Waals surface area (Å²) in [6.07, 6.45) is -1.80. The van der Waals surface area contributed by atoms with E-state index in [-0.39, 0.29) is 5.56 Å². The molecular weight excluding hydrogens is 242 g/mol. The lowest BCUT2D eigenvalue weighted by molar-refractivity contribution is -0.0297. The molecule has 0 saturated carbocycles. The van der Waals surface area contributed by atoms with Crippen molar-refractivity contribution in [2.45, 2.75) is 17.9 Å². The van der Waals surface area contributed by atoms with Crippen molar-refractivity contribution >= 4 is 15.9 Å². The Kier molecular flexibility index (Phi) is 3.03. The molecule has 72 valence electrons. The number of alkyl halides is 3. The lowest BCUT2D eigenvalue weighted by Crippen LogP contribution is -2.19. The van der Waals surface area contributed by atoms with Gasteiger partial charge in [-0.1, -0.05) is 24.3 Å². The van der Waals surface area contributed by atoms with Crippen LogP contribution in [0.2, 0.25) is 0 Å². The largest absolute Gasteiger partial charge is 0.381 e. The summed E-state index contributed by atoms with van der Waals surface area (Å²) in [5.41, 5.74) is 0.888. The zero-order valence-electron chi connectivity index (χ0n) is 6.97. The third-order valence-corrected chi connectivity index (χ3v) is 2.23. The molecule has 1 rings (SSSR count). The molecule has 1 aromatic carbocycles. The van der Waals surface area contributed by atoms with E-state index < -0.39 is 10.9 Å². The summed E-state index contributed by atoms with van der Waals surface area (Å²) in [6, 6.07) is 6.51. The average molecular weight is 251 g/mol. The zero-order valence-corrected chi connectivity index (χ0v) is 8.55. The van der Waals surface area contributed by atoms with Crippen molar-refractivity contribution in [1.82, 2.24) is 0 Å². The molecule has 13 heavy (non-hydrogen) atoms. The Bertz CT molecular complexity index is 296. The second-order valence-corrected chi connectivity index (χ2v) is 3.86. The minimum atomic E-state index is -3.28. The van der Waals surface area contributed by atoms with Gasteiger partial charge in [0.2, 0.25) is 0 Å².